The number of piperazine rings is 1. The minimum Gasteiger partial charge on any atom is -0.334 e. The van der Waals surface area contributed by atoms with Gasteiger partial charge < -0.3 is 4.90 Å². The number of nitrogens with zero attached hydrogens (tertiary/aromatic N) is 3. The fraction of sp³-hybridized carbons (Fsp3) is 0.296. The number of halogens is 3. The highest BCUT2D eigenvalue weighted by Crippen LogP contribution is 2.33. The predicted octanol–water partition coefficient (Wildman–Crippen LogP) is 4.95. The van der Waals surface area contributed by atoms with Crippen molar-refractivity contribution >= 4 is 43.5 Å². The summed E-state index contributed by atoms with van der Waals surface area (Å²) in [5.74, 6) is -1.22. The molecule has 1 amide bonds. The van der Waals surface area contributed by atoms with Crippen molar-refractivity contribution in [1.82, 2.24) is 14.1 Å². The van der Waals surface area contributed by atoms with Crippen LogP contribution in [0.15, 0.2) is 70.0 Å². The molecule has 2 aliphatic rings. The quantitative estimate of drug-likeness (QED) is 0.413. The highest BCUT2D eigenvalue weighted by atomic mass is 79.9. The van der Waals surface area contributed by atoms with Crippen LogP contribution >= 0.6 is 27.5 Å². The Morgan fingerprint density at radius 2 is 1.68 bits per heavy atom. The number of sulfonamides is 1. The number of fused-ring (bicyclic) bond motifs is 1. The molecule has 37 heavy (non-hydrogen) atoms. The molecule has 5 rings (SSSR count). The molecular weight excluding hydrogens is 581 g/mol. The number of hydrogen-bond donors (Lipinski definition) is 0. The minimum absolute atomic E-state index is 0.136. The molecule has 1 fully saturated rings. The van der Waals surface area contributed by atoms with Gasteiger partial charge in [0.05, 0.1) is 0 Å². The van der Waals surface area contributed by atoms with Gasteiger partial charge in [-0.1, -0.05) is 57.9 Å². The van der Waals surface area contributed by atoms with E-state index in [4.69, 9.17) is 11.6 Å². The lowest BCUT2D eigenvalue weighted by Crippen LogP contribution is -2.48. The lowest BCUT2D eigenvalue weighted by molar-refractivity contribution is 0.0734. The van der Waals surface area contributed by atoms with E-state index in [1.54, 1.807) is 11.0 Å². The smallest absolute Gasteiger partial charge is 0.254 e. The Hall–Kier alpha value is -2.30. The highest BCUT2D eigenvalue weighted by Gasteiger charge is 2.32. The van der Waals surface area contributed by atoms with E-state index in [0.717, 1.165) is 33.8 Å². The molecule has 10 heteroatoms. The Balaban J connectivity index is 1.31. The van der Waals surface area contributed by atoms with Crippen molar-refractivity contribution in [1.29, 1.82) is 0 Å². The number of carbonyl (C=O) groups is 1. The van der Waals surface area contributed by atoms with Gasteiger partial charge in [0.25, 0.3) is 5.91 Å². The summed E-state index contributed by atoms with van der Waals surface area (Å²) in [5.41, 5.74) is 3.21. The Morgan fingerprint density at radius 1 is 0.946 bits per heavy atom. The van der Waals surface area contributed by atoms with Crippen LogP contribution in [-0.4, -0.2) is 61.2 Å². The number of rotatable bonds is 5. The van der Waals surface area contributed by atoms with E-state index in [0.29, 0.717) is 37.6 Å². The first-order valence-corrected chi connectivity index (χ1v) is 14.7. The van der Waals surface area contributed by atoms with Crippen LogP contribution in [0.2, 0.25) is 5.02 Å². The first-order chi connectivity index (χ1) is 17.7. The van der Waals surface area contributed by atoms with Gasteiger partial charge in [-0.2, -0.15) is 4.31 Å². The van der Waals surface area contributed by atoms with E-state index in [9.17, 15) is 17.6 Å². The van der Waals surface area contributed by atoms with E-state index in [2.05, 4.69) is 20.8 Å². The molecule has 2 aliphatic heterocycles. The first-order valence-electron chi connectivity index (χ1n) is 12.0. The van der Waals surface area contributed by atoms with E-state index in [1.807, 2.05) is 36.4 Å². The van der Waals surface area contributed by atoms with Crippen LogP contribution in [0.3, 0.4) is 0 Å². The van der Waals surface area contributed by atoms with Gasteiger partial charge in [0.1, 0.15) is 10.7 Å². The zero-order valence-corrected chi connectivity index (χ0v) is 23.2. The summed E-state index contributed by atoms with van der Waals surface area (Å²) >= 11 is 9.92. The van der Waals surface area contributed by atoms with Crippen molar-refractivity contribution < 1.29 is 17.6 Å². The second kappa shape index (κ2) is 10.8. The monoisotopic (exact) mass is 605 g/mol. The summed E-state index contributed by atoms with van der Waals surface area (Å²) in [4.78, 5) is 16.7. The van der Waals surface area contributed by atoms with Crippen LogP contribution < -0.4 is 0 Å². The Labute approximate surface area is 229 Å². The standard InChI is InChI=1S/C27H26BrClFN3O3S/c28-23-7-8-24(29)22-18-32(11-10-21(22)23)27(34)20-6-9-25(30)26(16-20)37(35,36)33-14-12-31(13-15-33)17-19-4-2-1-3-5-19/h1-9,16H,10-15,17-18H2. The number of carbonyl (C=O) groups excluding carboxylic acids is 1. The molecule has 3 aromatic carbocycles. The van der Waals surface area contributed by atoms with Crippen molar-refractivity contribution in [2.45, 2.75) is 24.4 Å². The van der Waals surface area contributed by atoms with Crippen molar-refractivity contribution in [3.8, 4) is 0 Å². The number of benzene rings is 3. The molecule has 0 unspecified atom stereocenters. The second-order valence-electron chi connectivity index (χ2n) is 9.27. The summed E-state index contributed by atoms with van der Waals surface area (Å²) in [6.45, 7) is 3.07. The van der Waals surface area contributed by atoms with Gasteiger partial charge in [-0.15, -0.1) is 0 Å². The van der Waals surface area contributed by atoms with Crippen LogP contribution in [-0.2, 0) is 29.5 Å². The van der Waals surface area contributed by atoms with Crippen LogP contribution in [0.25, 0.3) is 0 Å². The zero-order chi connectivity index (χ0) is 26.2. The average molecular weight is 607 g/mol. The molecule has 3 aromatic rings. The summed E-state index contributed by atoms with van der Waals surface area (Å²) in [5, 5.41) is 0.574. The Bertz CT molecular complexity index is 1430. The van der Waals surface area contributed by atoms with Gasteiger partial charge in [-0.05, 0) is 53.4 Å². The van der Waals surface area contributed by atoms with Gasteiger partial charge in [0, 0.05) is 60.9 Å². The van der Waals surface area contributed by atoms with Crippen molar-refractivity contribution in [2.24, 2.45) is 0 Å². The average Bonchev–Trinajstić information content (AvgIpc) is 2.91. The van der Waals surface area contributed by atoms with Crippen LogP contribution in [0.1, 0.15) is 27.0 Å². The van der Waals surface area contributed by atoms with Gasteiger partial charge in [0.15, 0.2) is 0 Å². The van der Waals surface area contributed by atoms with Gasteiger partial charge in [-0.3, -0.25) is 9.69 Å². The third kappa shape index (κ3) is 5.47. The third-order valence-corrected chi connectivity index (χ3v) is 9.97. The topological polar surface area (TPSA) is 60.9 Å². The third-order valence-electron chi connectivity index (χ3n) is 6.96. The largest absolute Gasteiger partial charge is 0.334 e. The summed E-state index contributed by atoms with van der Waals surface area (Å²) in [6.07, 6.45) is 0.613. The van der Waals surface area contributed by atoms with E-state index < -0.39 is 20.7 Å². The Morgan fingerprint density at radius 3 is 2.41 bits per heavy atom. The lowest BCUT2D eigenvalue weighted by Gasteiger charge is -2.34. The zero-order valence-electron chi connectivity index (χ0n) is 20.0. The SMILES string of the molecule is O=C(c1ccc(F)c(S(=O)(=O)N2CCN(Cc3ccccc3)CC2)c1)N1CCc2c(Br)ccc(Cl)c2C1. The fourth-order valence-corrected chi connectivity index (χ4v) is 7.21. The predicted molar refractivity (Wildman–Crippen MR) is 144 cm³/mol. The van der Waals surface area contributed by atoms with Gasteiger partial charge >= 0.3 is 0 Å². The lowest BCUT2D eigenvalue weighted by atomic mass is 9.99. The van der Waals surface area contributed by atoms with Crippen LogP contribution in [0.4, 0.5) is 4.39 Å². The molecule has 0 saturated carbocycles. The molecule has 0 radical (unpaired) electrons. The molecular formula is C27H26BrClFN3O3S. The van der Waals surface area contributed by atoms with Crippen molar-refractivity contribution in [3.63, 3.8) is 0 Å². The maximum absolute atomic E-state index is 14.8. The molecule has 0 spiro atoms. The molecule has 0 bridgehead atoms. The molecule has 2 heterocycles. The van der Waals surface area contributed by atoms with Crippen LogP contribution in [0.5, 0.6) is 0 Å². The molecule has 0 N–H and O–H groups in total. The number of amides is 1. The molecule has 0 aliphatic carbocycles. The van der Waals surface area contributed by atoms with Crippen LogP contribution in [0, 0.1) is 5.82 Å². The Kier molecular flexibility index (Phi) is 7.70. The normalized spacial score (nSPS) is 17.0. The first kappa shape index (κ1) is 26.3. The fourth-order valence-electron chi connectivity index (χ4n) is 4.89. The molecule has 6 nitrogen and oxygen atoms in total. The maximum atomic E-state index is 14.8. The van der Waals surface area contributed by atoms with Gasteiger partial charge in [-0.25, -0.2) is 12.8 Å². The van der Waals surface area contributed by atoms with Crippen molar-refractivity contribution in [3.05, 3.63) is 98.2 Å². The maximum Gasteiger partial charge on any atom is 0.254 e. The molecule has 1 saturated heterocycles. The highest BCUT2D eigenvalue weighted by molar-refractivity contribution is 9.10. The molecule has 0 atom stereocenters. The van der Waals surface area contributed by atoms with E-state index in [-0.39, 0.29) is 24.6 Å². The second-order valence-corrected chi connectivity index (χ2v) is 12.4. The number of hydrogen-bond acceptors (Lipinski definition) is 4. The van der Waals surface area contributed by atoms with Gasteiger partial charge in [0.2, 0.25) is 10.0 Å². The molecule has 194 valence electrons. The summed E-state index contributed by atoms with van der Waals surface area (Å²) in [7, 11) is -4.10. The summed E-state index contributed by atoms with van der Waals surface area (Å²) < 4.78 is 43.8. The van der Waals surface area contributed by atoms with Crippen molar-refractivity contribution in [2.75, 3.05) is 32.7 Å². The molecule has 0 aromatic heterocycles. The van der Waals surface area contributed by atoms with E-state index in [1.165, 1.54) is 16.4 Å². The van der Waals surface area contributed by atoms with E-state index >= 15 is 0 Å². The minimum atomic E-state index is -4.10. The summed E-state index contributed by atoms with van der Waals surface area (Å²) in [6, 6.07) is 17.2.